The second kappa shape index (κ2) is 6.81. The molecule has 1 aliphatic carbocycles. The van der Waals surface area contributed by atoms with Crippen LogP contribution in [0.1, 0.15) is 52.5 Å². The van der Waals surface area contributed by atoms with E-state index in [0.29, 0.717) is 12.1 Å². The summed E-state index contributed by atoms with van der Waals surface area (Å²) in [5, 5.41) is 4.83. The fourth-order valence-electron chi connectivity index (χ4n) is 2.70. The number of aromatic nitrogens is 2. The van der Waals surface area contributed by atoms with Gasteiger partial charge in [0.05, 0.1) is 16.7 Å². The van der Waals surface area contributed by atoms with E-state index in [4.69, 9.17) is 9.16 Å². The topological polar surface area (TPSA) is 36.3 Å². The summed E-state index contributed by atoms with van der Waals surface area (Å²) in [6.45, 7) is 11.6. The molecule has 1 fully saturated rings. The van der Waals surface area contributed by atoms with Gasteiger partial charge in [-0.3, -0.25) is 4.68 Å². The third-order valence-electron chi connectivity index (χ3n) is 5.13. The highest BCUT2D eigenvalue weighted by molar-refractivity contribution is 14.1. The predicted octanol–water partition coefficient (Wildman–Crippen LogP) is 5.00. The Kier molecular flexibility index (Phi) is 5.65. The van der Waals surface area contributed by atoms with Gasteiger partial charge in [0.2, 0.25) is 5.88 Å². The minimum atomic E-state index is -1.65. The van der Waals surface area contributed by atoms with E-state index in [2.05, 4.69) is 72.4 Å². The minimum Gasteiger partial charge on any atom is -0.479 e. The molecule has 0 bridgehead atoms. The quantitative estimate of drug-likeness (QED) is 0.492. The third-order valence-corrected chi connectivity index (χ3v) is 10.4. The average molecular weight is 436 g/mol. The molecule has 0 N–H and O–H groups in total. The van der Waals surface area contributed by atoms with E-state index in [-0.39, 0.29) is 5.04 Å². The van der Waals surface area contributed by atoms with Crippen LogP contribution < -0.4 is 4.74 Å². The van der Waals surface area contributed by atoms with Crippen LogP contribution in [0.25, 0.3) is 0 Å². The molecule has 0 aromatic carbocycles. The molecular formula is C16H29IN2O2Si. The molecular weight excluding hydrogens is 407 g/mol. The zero-order valence-electron chi connectivity index (χ0n) is 14.6. The summed E-state index contributed by atoms with van der Waals surface area (Å²) in [4.78, 5) is 0. The summed E-state index contributed by atoms with van der Waals surface area (Å²) >= 11 is 2.28. The zero-order valence-corrected chi connectivity index (χ0v) is 17.8. The minimum absolute atomic E-state index is 0.287. The second-order valence-corrected chi connectivity index (χ2v) is 13.7. The molecule has 0 saturated heterocycles. The van der Waals surface area contributed by atoms with E-state index < -0.39 is 8.32 Å². The number of methoxy groups -OCH3 is 1. The molecule has 0 amide bonds. The highest BCUT2D eigenvalue weighted by Crippen LogP contribution is 2.40. The number of halogens is 1. The fourth-order valence-corrected chi connectivity index (χ4v) is 4.74. The highest BCUT2D eigenvalue weighted by Gasteiger charge is 2.40. The van der Waals surface area contributed by atoms with E-state index in [1.165, 1.54) is 0 Å². The molecule has 1 aromatic heterocycles. The Hall–Kier alpha value is -0.0831. The lowest BCUT2D eigenvalue weighted by atomic mass is 9.93. The molecule has 0 radical (unpaired) electrons. The van der Waals surface area contributed by atoms with Gasteiger partial charge in [0.1, 0.15) is 0 Å². The standard InChI is InChI=1S/C16H29IN2O2Si/c1-16(2,3)22(5,6)21-13-9-7-12(8-10-13)19-11-14(17)15(18-19)20-4/h11-13H,7-10H2,1-6H3. The van der Waals surface area contributed by atoms with E-state index >= 15 is 0 Å². The van der Waals surface area contributed by atoms with Crippen LogP contribution in [0.15, 0.2) is 6.20 Å². The number of nitrogens with zero attached hydrogens (tertiary/aromatic N) is 2. The lowest BCUT2D eigenvalue weighted by Crippen LogP contribution is -2.44. The molecule has 2 rings (SSSR count). The van der Waals surface area contributed by atoms with Gasteiger partial charge in [0, 0.05) is 12.3 Å². The van der Waals surface area contributed by atoms with E-state index in [1.807, 2.05) is 0 Å². The first kappa shape index (κ1) is 18.3. The Morgan fingerprint density at radius 2 is 1.82 bits per heavy atom. The van der Waals surface area contributed by atoms with Gasteiger partial charge in [0.25, 0.3) is 0 Å². The monoisotopic (exact) mass is 436 g/mol. The van der Waals surface area contributed by atoms with Crippen LogP contribution in [0.5, 0.6) is 5.88 Å². The Balaban J connectivity index is 1.93. The van der Waals surface area contributed by atoms with Gasteiger partial charge in [0.15, 0.2) is 8.32 Å². The van der Waals surface area contributed by atoms with Crippen molar-refractivity contribution in [2.24, 2.45) is 0 Å². The summed E-state index contributed by atoms with van der Waals surface area (Å²) in [6, 6.07) is 0.483. The van der Waals surface area contributed by atoms with Crippen molar-refractivity contribution >= 4 is 30.9 Å². The van der Waals surface area contributed by atoms with Crippen molar-refractivity contribution < 1.29 is 9.16 Å². The van der Waals surface area contributed by atoms with Crippen LogP contribution in [0.2, 0.25) is 18.1 Å². The maximum absolute atomic E-state index is 6.56. The maximum Gasteiger partial charge on any atom is 0.246 e. The first-order chi connectivity index (χ1) is 10.1. The van der Waals surface area contributed by atoms with Gasteiger partial charge in [-0.25, -0.2) is 0 Å². The molecule has 1 saturated carbocycles. The Bertz CT molecular complexity index is 503. The van der Waals surface area contributed by atoms with Crippen molar-refractivity contribution in [1.82, 2.24) is 9.78 Å². The van der Waals surface area contributed by atoms with Crippen molar-refractivity contribution in [1.29, 1.82) is 0 Å². The lowest BCUT2D eigenvalue weighted by molar-refractivity contribution is 0.115. The maximum atomic E-state index is 6.56. The average Bonchev–Trinajstić information content (AvgIpc) is 2.79. The molecule has 4 nitrogen and oxygen atoms in total. The Morgan fingerprint density at radius 1 is 1.23 bits per heavy atom. The van der Waals surface area contributed by atoms with Gasteiger partial charge in [-0.05, 0) is 66.4 Å². The molecule has 1 aromatic rings. The summed E-state index contributed by atoms with van der Waals surface area (Å²) in [5.41, 5.74) is 0. The van der Waals surface area contributed by atoms with E-state index in [9.17, 15) is 0 Å². The molecule has 22 heavy (non-hydrogen) atoms. The summed E-state index contributed by atoms with van der Waals surface area (Å²) in [7, 11) is 0.0315. The Labute approximate surface area is 149 Å². The van der Waals surface area contributed by atoms with Gasteiger partial charge in [-0.1, -0.05) is 20.8 Å². The number of rotatable bonds is 4. The molecule has 0 aliphatic heterocycles. The smallest absolute Gasteiger partial charge is 0.246 e. The van der Waals surface area contributed by atoms with Crippen LogP contribution in [0.3, 0.4) is 0 Å². The second-order valence-electron chi connectivity index (χ2n) is 7.78. The van der Waals surface area contributed by atoms with E-state index in [1.54, 1.807) is 7.11 Å². The van der Waals surface area contributed by atoms with Crippen LogP contribution in [0.4, 0.5) is 0 Å². The third kappa shape index (κ3) is 4.06. The van der Waals surface area contributed by atoms with Crippen LogP contribution >= 0.6 is 22.6 Å². The SMILES string of the molecule is COc1nn(C2CCC(O[Si](C)(C)C(C)(C)C)CC2)cc1I. The zero-order chi connectivity index (χ0) is 16.5. The molecule has 126 valence electrons. The van der Waals surface area contributed by atoms with Gasteiger partial charge in [-0.15, -0.1) is 5.10 Å². The lowest BCUT2D eigenvalue weighted by Gasteiger charge is -2.41. The van der Waals surface area contributed by atoms with Crippen molar-refractivity contribution in [2.45, 2.75) is 76.7 Å². The molecule has 0 atom stereocenters. The van der Waals surface area contributed by atoms with Gasteiger partial charge >= 0.3 is 0 Å². The van der Waals surface area contributed by atoms with Gasteiger partial charge in [-0.2, -0.15) is 0 Å². The van der Waals surface area contributed by atoms with Crippen molar-refractivity contribution in [3.05, 3.63) is 9.77 Å². The fraction of sp³-hybridized carbons (Fsp3) is 0.812. The molecule has 1 heterocycles. The van der Waals surface area contributed by atoms with Crippen molar-refractivity contribution in [3.63, 3.8) is 0 Å². The molecule has 6 heteroatoms. The summed E-state index contributed by atoms with van der Waals surface area (Å²) in [6.07, 6.45) is 7.07. The number of hydrogen-bond donors (Lipinski definition) is 0. The number of hydrogen-bond acceptors (Lipinski definition) is 3. The Morgan fingerprint density at radius 3 is 2.27 bits per heavy atom. The van der Waals surface area contributed by atoms with Crippen LogP contribution in [0, 0.1) is 3.57 Å². The first-order valence-electron chi connectivity index (χ1n) is 8.10. The molecule has 0 unspecified atom stereocenters. The largest absolute Gasteiger partial charge is 0.479 e. The van der Waals surface area contributed by atoms with Crippen molar-refractivity contribution in [2.75, 3.05) is 7.11 Å². The summed E-state index contributed by atoms with van der Waals surface area (Å²) in [5.74, 6) is 0.736. The normalized spacial score (nSPS) is 23.6. The highest BCUT2D eigenvalue weighted by atomic mass is 127. The van der Waals surface area contributed by atoms with Gasteiger partial charge < -0.3 is 9.16 Å². The van der Waals surface area contributed by atoms with E-state index in [0.717, 1.165) is 35.1 Å². The van der Waals surface area contributed by atoms with Crippen LogP contribution in [-0.4, -0.2) is 31.3 Å². The molecule has 1 aliphatic rings. The van der Waals surface area contributed by atoms with Crippen LogP contribution in [-0.2, 0) is 4.43 Å². The predicted molar refractivity (Wildman–Crippen MR) is 101 cm³/mol. The molecule has 0 spiro atoms. The number of ether oxygens (including phenoxy) is 1. The summed E-state index contributed by atoms with van der Waals surface area (Å²) < 4.78 is 15.0. The van der Waals surface area contributed by atoms with Crippen molar-refractivity contribution in [3.8, 4) is 5.88 Å². The first-order valence-corrected chi connectivity index (χ1v) is 12.1.